The lowest BCUT2D eigenvalue weighted by Gasteiger charge is -2.08. The lowest BCUT2D eigenvalue weighted by atomic mass is 9.98. The SMILES string of the molecule is CCCCCCCCCC=C(CCCCC)CCCCCCCCCC. The quantitative estimate of drug-likeness (QED) is 0.140. The van der Waals surface area contributed by atoms with Gasteiger partial charge in [0.05, 0.1) is 0 Å². The van der Waals surface area contributed by atoms with Crippen LogP contribution >= 0.6 is 0 Å². The molecule has 0 saturated carbocycles. The normalized spacial score (nSPS) is 12.0. The highest BCUT2D eigenvalue weighted by Crippen LogP contribution is 2.19. The predicted octanol–water partition coefficient (Wildman–Crippen LogP) is 10.2. The first-order valence-corrected chi connectivity index (χ1v) is 12.5. The summed E-state index contributed by atoms with van der Waals surface area (Å²) in [7, 11) is 0. The largest absolute Gasteiger partial charge is 0.0853 e. The van der Waals surface area contributed by atoms with Gasteiger partial charge in [-0.2, -0.15) is 0 Å². The molecule has 0 rings (SSSR count). The fraction of sp³-hybridized carbons (Fsp3) is 0.923. The number of unbranched alkanes of at least 4 members (excludes halogenated alkanes) is 16. The molecule has 0 aliphatic carbocycles. The molecular weight excluding hydrogens is 312 g/mol. The zero-order valence-corrected chi connectivity index (χ0v) is 18.9. The van der Waals surface area contributed by atoms with Gasteiger partial charge in [-0.15, -0.1) is 0 Å². The summed E-state index contributed by atoms with van der Waals surface area (Å²) in [5.41, 5.74) is 1.79. The average molecular weight is 365 g/mol. The van der Waals surface area contributed by atoms with E-state index in [1.165, 1.54) is 135 Å². The molecule has 0 aromatic heterocycles. The second-order valence-electron chi connectivity index (χ2n) is 8.45. The summed E-state index contributed by atoms with van der Waals surface area (Å²) in [5.74, 6) is 0. The van der Waals surface area contributed by atoms with Gasteiger partial charge >= 0.3 is 0 Å². The Kier molecular flexibility index (Phi) is 22.6. The summed E-state index contributed by atoms with van der Waals surface area (Å²) in [4.78, 5) is 0. The fourth-order valence-electron chi connectivity index (χ4n) is 3.82. The third-order valence-electron chi connectivity index (χ3n) is 5.69. The summed E-state index contributed by atoms with van der Waals surface area (Å²) >= 11 is 0. The van der Waals surface area contributed by atoms with Gasteiger partial charge in [0.15, 0.2) is 0 Å². The second kappa shape index (κ2) is 22.8. The summed E-state index contributed by atoms with van der Waals surface area (Å²) in [6.45, 7) is 6.93. The van der Waals surface area contributed by atoms with Gasteiger partial charge in [0, 0.05) is 0 Å². The first-order valence-electron chi connectivity index (χ1n) is 12.5. The number of hydrogen-bond acceptors (Lipinski definition) is 0. The standard InChI is InChI=1S/C26H52/c1-4-7-10-12-14-16-18-21-24-26(23-20-9-6-3)25-22-19-17-15-13-11-8-5-2/h24H,4-23,25H2,1-3H3. The van der Waals surface area contributed by atoms with Crippen molar-refractivity contribution in [2.24, 2.45) is 0 Å². The molecule has 0 bridgehead atoms. The van der Waals surface area contributed by atoms with Crippen molar-refractivity contribution in [1.82, 2.24) is 0 Å². The Hall–Kier alpha value is -0.260. The minimum Gasteiger partial charge on any atom is -0.0853 e. The van der Waals surface area contributed by atoms with Crippen molar-refractivity contribution in [1.29, 1.82) is 0 Å². The Bertz CT molecular complexity index is 276. The van der Waals surface area contributed by atoms with Crippen LogP contribution in [-0.2, 0) is 0 Å². The van der Waals surface area contributed by atoms with Gasteiger partial charge in [0.2, 0.25) is 0 Å². The minimum atomic E-state index is 1.34. The van der Waals surface area contributed by atoms with E-state index in [1.54, 1.807) is 5.57 Å². The van der Waals surface area contributed by atoms with E-state index in [4.69, 9.17) is 0 Å². The maximum absolute atomic E-state index is 2.63. The molecule has 0 unspecified atom stereocenters. The Balaban J connectivity index is 3.77. The van der Waals surface area contributed by atoms with Gasteiger partial charge in [-0.25, -0.2) is 0 Å². The first-order chi connectivity index (χ1) is 12.8. The van der Waals surface area contributed by atoms with Crippen LogP contribution in [-0.4, -0.2) is 0 Å². The van der Waals surface area contributed by atoms with Gasteiger partial charge < -0.3 is 0 Å². The van der Waals surface area contributed by atoms with Gasteiger partial charge in [-0.05, 0) is 38.5 Å². The van der Waals surface area contributed by atoms with Crippen molar-refractivity contribution in [3.05, 3.63) is 11.6 Å². The van der Waals surface area contributed by atoms with Gasteiger partial charge in [0.1, 0.15) is 0 Å². The number of allylic oxidation sites excluding steroid dienone is 2. The average Bonchev–Trinajstić information content (AvgIpc) is 2.65. The zero-order chi connectivity index (χ0) is 19.1. The third kappa shape index (κ3) is 20.1. The van der Waals surface area contributed by atoms with Gasteiger partial charge in [-0.3, -0.25) is 0 Å². The van der Waals surface area contributed by atoms with Crippen LogP contribution in [0.2, 0.25) is 0 Å². The smallest absolute Gasteiger partial charge is 0.0320 e. The lowest BCUT2D eigenvalue weighted by molar-refractivity contribution is 0.568. The molecule has 156 valence electrons. The van der Waals surface area contributed by atoms with Gasteiger partial charge in [-0.1, -0.05) is 129 Å². The zero-order valence-electron chi connectivity index (χ0n) is 18.9. The Morgan fingerprint density at radius 3 is 1.27 bits per heavy atom. The van der Waals surface area contributed by atoms with Crippen molar-refractivity contribution in [2.75, 3.05) is 0 Å². The van der Waals surface area contributed by atoms with Gasteiger partial charge in [0.25, 0.3) is 0 Å². The first kappa shape index (κ1) is 25.7. The van der Waals surface area contributed by atoms with Crippen LogP contribution in [0.5, 0.6) is 0 Å². The van der Waals surface area contributed by atoms with E-state index < -0.39 is 0 Å². The Morgan fingerprint density at radius 2 is 0.769 bits per heavy atom. The summed E-state index contributed by atoms with van der Waals surface area (Å²) in [6.07, 6.45) is 32.5. The molecule has 0 atom stereocenters. The van der Waals surface area contributed by atoms with E-state index in [1.807, 2.05) is 0 Å². The van der Waals surface area contributed by atoms with Crippen LogP contribution in [0, 0.1) is 0 Å². The molecule has 0 heteroatoms. The maximum Gasteiger partial charge on any atom is -0.0320 e. The van der Waals surface area contributed by atoms with Crippen LogP contribution in [0.15, 0.2) is 11.6 Å². The van der Waals surface area contributed by atoms with Crippen molar-refractivity contribution in [3.63, 3.8) is 0 Å². The van der Waals surface area contributed by atoms with Crippen LogP contribution in [0.4, 0.5) is 0 Å². The minimum absolute atomic E-state index is 1.34. The van der Waals surface area contributed by atoms with Crippen LogP contribution in [0.3, 0.4) is 0 Å². The highest BCUT2D eigenvalue weighted by molar-refractivity contribution is 5.01. The molecule has 0 spiro atoms. The monoisotopic (exact) mass is 364 g/mol. The molecule has 0 N–H and O–H groups in total. The van der Waals surface area contributed by atoms with Crippen LogP contribution < -0.4 is 0 Å². The van der Waals surface area contributed by atoms with E-state index in [0.29, 0.717) is 0 Å². The number of hydrogen-bond donors (Lipinski definition) is 0. The Labute approximate surface area is 167 Å². The Morgan fingerprint density at radius 1 is 0.423 bits per heavy atom. The van der Waals surface area contributed by atoms with Crippen LogP contribution in [0.1, 0.15) is 156 Å². The summed E-state index contributed by atoms with van der Waals surface area (Å²) in [5, 5.41) is 0. The molecule has 0 nitrogen and oxygen atoms in total. The predicted molar refractivity (Wildman–Crippen MR) is 122 cm³/mol. The molecule has 0 amide bonds. The highest BCUT2D eigenvalue weighted by atomic mass is 14.1. The third-order valence-corrected chi connectivity index (χ3v) is 5.69. The molecular formula is C26H52. The summed E-state index contributed by atoms with van der Waals surface area (Å²) in [6, 6.07) is 0. The summed E-state index contributed by atoms with van der Waals surface area (Å²) < 4.78 is 0. The maximum atomic E-state index is 2.63. The molecule has 0 saturated heterocycles. The molecule has 26 heavy (non-hydrogen) atoms. The van der Waals surface area contributed by atoms with Crippen molar-refractivity contribution >= 4 is 0 Å². The van der Waals surface area contributed by atoms with E-state index in [2.05, 4.69) is 26.8 Å². The van der Waals surface area contributed by atoms with E-state index >= 15 is 0 Å². The molecule has 0 aromatic rings. The van der Waals surface area contributed by atoms with Crippen molar-refractivity contribution in [3.8, 4) is 0 Å². The molecule has 0 radical (unpaired) electrons. The van der Waals surface area contributed by atoms with E-state index in [9.17, 15) is 0 Å². The van der Waals surface area contributed by atoms with Crippen molar-refractivity contribution in [2.45, 2.75) is 156 Å². The van der Waals surface area contributed by atoms with Crippen molar-refractivity contribution < 1.29 is 0 Å². The topological polar surface area (TPSA) is 0 Å². The second-order valence-corrected chi connectivity index (χ2v) is 8.45. The lowest BCUT2D eigenvalue weighted by Crippen LogP contribution is -1.88. The molecule has 0 heterocycles. The van der Waals surface area contributed by atoms with E-state index in [-0.39, 0.29) is 0 Å². The molecule has 0 aromatic carbocycles. The molecule has 0 fully saturated rings. The molecule has 0 aliphatic rings. The van der Waals surface area contributed by atoms with E-state index in [0.717, 1.165) is 0 Å². The molecule has 0 aliphatic heterocycles. The fourth-order valence-corrected chi connectivity index (χ4v) is 3.82. The highest BCUT2D eigenvalue weighted by Gasteiger charge is 1.99. The van der Waals surface area contributed by atoms with Crippen LogP contribution in [0.25, 0.3) is 0 Å². The number of rotatable bonds is 21.